The van der Waals surface area contributed by atoms with Gasteiger partial charge in [0, 0.05) is 13.1 Å². The smallest absolute Gasteiger partial charge is 0.408 e. The molecule has 1 saturated heterocycles. The zero-order chi connectivity index (χ0) is 14.7. The Morgan fingerprint density at radius 2 is 2.05 bits per heavy atom. The van der Waals surface area contributed by atoms with Crippen molar-refractivity contribution in [3.63, 3.8) is 0 Å². The Labute approximate surface area is 114 Å². The Hall–Kier alpha value is -1.30. The van der Waals surface area contributed by atoms with E-state index in [0.717, 1.165) is 13.0 Å². The molecule has 1 atom stereocenters. The summed E-state index contributed by atoms with van der Waals surface area (Å²) in [6.07, 6.45) is 0.692. The predicted molar refractivity (Wildman–Crippen MR) is 71.1 cm³/mol. The molecule has 0 spiro atoms. The number of likely N-dealkylation sites (tertiary alicyclic amines) is 1. The van der Waals surface area contributed by atoms with Crippen LogP contribution in [0.15, 0.2) is 0 Å². The van der Waals surface area contributed by atoms with E-state index in [0.29, 0.717) is 19.5 Å². The number of amides is 1. The van der Waals surface area contributed by atoms with E-state index in [2.05, 4.69) is 5.32 Å². The van der Waals surface area contributed by atoms with Crippen LogP contribution in [0.2, 0.25) is 0 Å². The molecule has 0 aromatic carbocycles. The SMILES string of the molecule is CCCN1CCC(NC(=O)OC(C)(C)C)(C(=O)O)C1. The minimum atomic E-state index is -1.22. The fourth-order valence-corrected chi connectivity index (χ4v) is 2.22. The molecule has 6 nitrogen and oxygen atoms in total. The van der Waals surface area contributed by atoms with Gasteiger partial charge in [0.2, 0.25) is 0 Å². The van der Waals surface area contributed by atoms with Crippen LogP contribution in [0, 0.1) is 0 Å². The summed E-state index contributed by atoms with van der Waals surface area (Å²) in [7, 11) is 0. The zero-order valence-corrected chi connectivity index (χ0v) is 12.2. The van der Waals surface area contributed by atoms with Gasteiger partial charge >= 0.3 is 12.1 Å². The molecule has 1 rings (SSSR count). The van der Waals surface area contributed by atoms with Crippen molar-refractivity contribution in [3.8, 4) is 0 Å². The van der Waals surface area contributed by atoms with Gasteiger partial charge in [-0.05, 0) is 40.2 Å². The van der Waals surface area contributed by atoms with Crippen LogP contribution < -0.4 is 5.32 Å². The highest BCUT2D eigenvalue weighted by Crippen LogP contribution is 2.22. The van der Waals surface area contributed by atoms with E-state index in [1.54, 1.807) is 20.8 Å². The summed E-state index contributed by atoms with van der Waals surface area (Å²) in [6.45, 7) is 9.13. The Bertz CT molecular complexity index is 351. The lowest BCUT2D eigenvalue weighted by Crippen LogP contribution is -2.57. The molecule has 0 aromatic rings. The topological polar surface area (TPSA) is 78.9 Å². The minimum Gasteiger partial charge on any atom is -0.479 e. The fourth-order valence-electron chi connectivity index (χ4n) is 2.22. The first-order valence-corrected chi connectivity index (χ1v) is 6.65. The molecule has 1 unspecified atom stereocenters. The number of rotatable bonds is 4. The van der Waals surface area contributed by atoms with Gasteiger partial charge < -0.3 is 20.1 Å². The van der Waals surface area contributed by atoms with Crippen molar-refractivity contribution in [2.45, 2.75) is 51.7 Å². The summed E-state index contributed by atoms with van der Waals surface area (Å²) >= 11 is 0. The molecular formula is C13H24N2O4. The number of alkyl carbamates (subject to hydrolysis) is 1. The largest absolute Gasteiger partial charge is 0.479 e. The van der Waals surface area contributed by atoms with Crippen LogP contribution in [0.4, 0.5) is 4.79 Å². The summed E-state index contributed by atoms with van der Waals surface area (Å²) in [5.41, 5.74) is -1.86. The third kappa shape index (κ3) is 4.38. The van der Waals surface area contributed by atoms with E-state index < -0.39 is 23.2 Å². The average Bonchev–Trinajstić information content (AvgIpc) is 2.60. The second kappa shape index (κ2) is 5.77. The molecule has 0 bridgehead atoms. The van der Waals surface area contributed by atoms with Crippen molar-refractivity contribution in [1.82, 2.24) is 10.2 Å². The van der Waals surface area contributed by atoms with E-state index in [4.69, 9.17) is 4.74 Å². The molecule has 1 amide bonds. The number of carbonyl (C=O) groups is 2. The standard InChI is InChI=1S/C13H24N2O4/c1-5-7-15-8-6-13(9-15,10(16)17)14-11(18)19-12(2,3)4/h5-9H2,1-4H3,(H,14,18)(H,16,17). The molecule has 1 aliphatic heterocycles. The van der Waals surface area contributed by atoms with Gasteiger partial charge in [0.1, 0.15) is 5.60 Å². The lowest BCUT2D eigenvalue weighted by molar-refractivity contribution is -0.144. The number of ether oxygens (including phenoxy) is 1. The van der Waals surface area contributed by atoms with Crippen LogP contribution >= 0.6 is 0 Å². The van der Waals surface area contributed by atoms with Gasteiger partial charge in [-0.25, -0.2) is 9.59 Å². The average molecular weight is 272 g/mol. The lowest BCUT2D eigenvalue weighted by atomic mass is 9.99. The van der Waals surface area contributed by atoms with Crippen LogP contribution in [0.1, 0.15) is 40.5 Å². The monoisotopic (exact) mass is 272 g/mol. The molecule has 1 aliphatic rings. The maximum Gasteiger partial charge on any atom is 0.408 e. The summed E-state index contributed by atoms with van der Waals surface area (Å²) in [5, 5.41) is 11.9. The molecule has 0 aromatic heterocycles. The van der Waals surface area contributed by atoms with Gasteiger partial charge in [0.25, 0.3) is 0 Å². The van der Waals surface area contributed by atoms with Gasteiger partial charge in [-0.3, -0.25) is 0 Å². The number of carbonyl (C=O) groups excluding carboxylic acids is 1. The van der Waals surface area contributed by atoms with E-state index >= 15 is 0 Å². The first kappa shape index (κ1) is 15.8. The number of aliphatic carboxylic acids is 1. The molecule has 19 heavy (non-hydrogen) atoms. The van der Waals surface area contributed by atoms with E-state index in [1.807, 2.05) is 11.8 Å². The highest BCUT2D eigenvalue weighted by atomic mass is 16.6. The highest BCUT2D eigenvalue weighted by molar-refractivity contribution is 5.85. The lowest BCUT2D eigenvalue weighted by Gasteiger charge is -2.28. The van der Waals surface area contributed by atoms with Gasteiger partial charge in [0.15, 0.2) is 5.54 Å². The van der Waals surface area contributed by atoms with Crippen molar-refractivity contribution in [2.24, 2.45) is 0 Å². The molecule has 1 heterocycles. The van der Waals surface area contributed by atoms with E-state index in [1.165, 1.54) is 0 Å². The zero-order valence-electron chi connectivity index (χ0n) is 12.2. The van der Waals surface area contributed by atoms with E-state index in [-0.39, 0.29) is 0 Å². The highest BCUT2D eigenvalue weighted by Gasteiger charge is 2.46. The van der Waals surface area contributed by atoms with Crippen molar-refractivity contribution >= 4 is 12.1 Å². The van der Waals surface area contributed by atoms with Gasteiger partial charge in [-0.1, -0.05) is 6.92 Å². The molecule has 0 saturated carbocycles. The molecule has 0 aliphatic carbocycles. The molecular weight excluding hydrogens is 248 g/mol. The first-order valence-electron chi connectivity index (χ1n) is 6.65. The predicted octanol–water partition coefficient (Wildman–Crippen LogP) is 1.45. The van der Waals surface area contributed by atoms with Gasteiger partial charge in [0.05, 0.1) is 0 Å². The normalized spacial score (nSPS) is 24.2. The quantitative estimate of drug-likeness (QED) is 0.810. The third-order valence-electron chi connectivity index (χ3n) is 3.04. The van der Waals surface area contributed by atoms with Crippen molar-refractivity contribution < 1.29 is 19.4 Å². The number of hydrogen-bond donors (Lipinski definition) is 2. The summed E-state index contributed by atoms with van der Waals surface area (Å²) in [4.78, 5) is 25.3. The molecule has 0 radical (unpaired) electrons. The summed E-state index contributed by atoms with van der Waals surface area (Å²) in [6, 6.07) is 0. The number of carboxylic acids is 1. The molecule has 110 valence electrons. The Balaban J connectivity index is 2.69. The van der Waals surface area contributed by atoms with Crippen molar-refractivity contribution in [1.29, 1.82) is 0 Å². The van der Waals surface area contributed by atoms with Crippen LogP contribution in [0.25, 0.3) is 0 Å². The van der Waals surface area contributed by atoms with Gasteiger partial charge in [-0.2, -0.15) is 0 Å². The molecule has 1 fully saturated rings. The van der Waals surface area contributed by atoms with Crippen LogP contribution in [-0.4, -0.2) is 52.8 Å². The van der Waals surface area contributed by atoms with Crippen LogP contribution in [0.3, 0.4) is 0 Å². The Kier molecular flexibility index (Phi) is 4.79. The summed E-state index contributed by atoms with van der Waals surface area (Å²) in [5.74, 6) is -1.00. The number of hydrogen-bond acceptors (Lipinski definition) is 4. The van der Waals surface area contributed by atoms with Crippen LogP contribution in [-0.2, 0) is 9.53 Å². The first-order chi connectivity index (χ1) is 8.68. The third-order valence-corrected chi connectivity index (χ3v) is 3.04. The molecule has 2 N–H and O–H groups in total. The Morgan fingerprint density at radius 1 is 1.42 bits per heavy atom. The molecule has 6 heteroatoms. The van der Waals surface area contributed by atoms with Gasteiger partial charge in [-0.15, -0.1) is 0 Å². The number of nitrogens with zero attached hydrogens (tertiary/aromatic N) is 1. The minimum absolute atomic E-state index is 0.329. The fraction of sp³-hybridized carbons (Fsp3) is 0.846. The van der Waals surface area contributed by atoms with Crippen molar-refractivity contribution in [2.75, 3.05) is 19.6 Å². The maximum absolute atomic E-state index is 11.8. The Morgan fingerprint density at radius 3 is 2.53 bits per heavy atom. The summed E-state index contributed by atoms with van der Waals surface area (Å²) < 4.78 is 5.14. The van der Waals surface area contributed by atoms with Crippen molar-refractivity contribution in [3.05, 3.63) is 0 Å². The van der Waals surface area contributed by atoms with E-state index in [9.17, 15) is 14.7 Å². The second-order valence-corrected chi connectivity index (χ2v) is 6.04. The second-order valence-electron chi connectivity index (χ2n) is 6.04. The van der Waals surface area contributed by atoms with Crippen LogP contribution in [0.5, 0.6) is 0 Å². The number of nitrogens with one attached hydrogen (secondary N) is 1. The maximum atomic E-state index is 11.8. The number of carboxylic acid groups (broad SMARTS) is 1.